The molecule has 6 heteroatoms. The van der Waals surface area contributed by atoms with Gasteiger partial charge in [0.25, 0.3) is 0 Å². The predicted octanol–water partition coefficient (Wildman–Crippen LogP) is 3.56. The molecule has 0 spiro atoms. The highest BCUT2D eigenvalue weighted by molar-refractivity contribution is 9.10. The maximum Gasteiger partial charge on any atom is 0.338 e. The van der Waals surface area contributed by atoms with Gasteiger partial charge >= 0.3 is 12.0 Å². The van der Waals surface area contributed by atoms with Crippen LogP contribution in [0.3, 0.4) is 0 Å². The van der Waals surface area contributed by atoms with Crippen molar-refractivity contribution in [3.63, 3.8) is 0 Å². The summed E-state index contributed by atoms with van der Waals surface area (Å²) in [7, 11) is 0. The smallest absolute Gasteiger partial charge is 0.338 e. The third-order valence-corrected chi connectivity index (χ3v) is 4.74. The number of hydrogen-bond donors (Lipinski definition) is 2. The summed E-state index contributed by atoms with van der Waals surface area (Å²) < 4.78 is 6.53. The second-order valence-electron chi connectivity index (χ2n) is 5.94. The maximum atomic E-state index is 12.7. The van der Waals surface area contributed by atoms with Crippen molar-refractivity contribution >= 4 is 27.9 Å². The number of amides is 2. The van der Waals surface area contributed by atoms with Crippen molar-refractivity contribution in [2.24, 2.45) is 0 Å². The number of esters is 1. The van der Waals surface area contributed by atoms with E-state index in [1.54, 1.807) is 6.92 Å². The Hall–Kier alpha value is -1.82. The molecule has 122 valence electrons. The number of halogens is 1. The Labute approximate surface area is 143 Å². The van der Waals surface area contributed by atoms with Crippen molar-refractivity contribution in [1.82, 2.24) is 10.6 Å². The van der Waals surface area contributed by atoms with Crippen molar-refractivity contribution < 1.29 is 14.3 Å². The quantitative estimate of drug-likeness (QED) is 0.790. The van der Waals surface area contributed by atoms with Gasteiger partial charge in [-0.15, -0.1) is 0 Å². The van der Waals surface area contributed by atoms with Crippen LogP contribution in [0.5, 0.6) is 0 Å². The zero-order valence-corrected chi connectivity index (χ0v) is 14.5. The van der Waals surface area contributed by atoms with Crippen molar-refractivity contribution in [2.75, 3.05) is 0 Å². The highest BCUT2D eigenvalue weighted by Crippen LogP contribution is 2.31. The summed E-state index contributed by atoms with van der Waals surface area (Å²) in [5, 5.41) is 5.48. The molecule has 2 aliphatic rings. The third-order valence-electron chi connectivity index (χ3n) is 4.25. The van der Waals surface area contributed by atoms with E-state index in [1.165, 1.54) is 0 Å². The SMILES string of the molecule is CC1=C(C(=O)OC2CCCC2)[C@@H](c2cccc(Br)c2)NC(=O)N1. The lowest BCUT2D eigenvalue weighted by Gasteiger charge is -2.29. The first-order chi connectivity index (χ1) is 11.0. The van der Waals surface area contributed by atoms with Gasteiger partial charge in [-0.1, -0.05) is 28.1 Å². The van der Waals surface area contributed by atoms with Gasteiger partial charge in [-0.2, -0.15) is 0 Å². The first-order valence-electron chi connectivity index (χ1n) is 7.79. The molecule has 1 saturated carbocycles. The summed E-state index contributed by atoms with van der Waals surface area (Å²) in [6.07, 6.45) is 4.02. The predicted molar refractivity (Wildman–Crippen MR) is 89.6 cm³/mol. The molecule has 1 aliphatic carbocycles. The lowest BCUT2D eigenvalue weighted by molar-refractivity contribution is -0.144. The molecule has 1 aromatic rings. The lowest BCUT2D eigenvalue weighted by Crippen LogP contribution is -2.45. The summed E-state index contributed by atoms with van der Waals surface area (Å²) in [6.45, 7) is 1.73. The minimum absolute atomic E-state index is 0.0106. The highest BCUT2D eigenvalue weighted by Gasteiger charge is 2.33. The summed E-state index contributed by atoms with van der Waals surface area (Å²) in [6, 6.07) is 6.74. The Morgan fingerprint density at radius 2 is 2.04 bits per heavy atom. The maximum absolute atomic E-state index is 12.7. The number of urea groups is 1. The number of ether oxygens (including phenoxy) is 1. The van der Waals surface area contributed by atoms with E-state index in [0.717, 1.165) is 35.7 Å². The number of carbonyl (C=O) groups excluding carboxylic acids is 2. The fourth-order valence-corrected chi connectivity index (χ4v) is 3.54. The van der Waals surface area contributed by atoms with Crippen LogP contribution in [-0.4, -0.2) is 18.1 Å². The van der Waals surface area contributed by atoms with Crippen LogP contribution in [0.25, 0.3) is 0 Å². The zero-order valence-electron chi connectivity index (χ0n) is 12.9. The lowest BCUT2D eigenvalue weighted by atomic mass is 9.95. The van der Waals surface area contributed by atoms with Gasteiger partial charge in [-0.3, -0.25) is 0 Å². The molecule has 1 aliphatic heterocycles. The number of benzene rings is 1. The van der Waals surface area contributed by atoms with Gasteiger partial charge in [0.05, 0.1) is 11.6 Å². The molecule has 1 fully saturated rings. The Kier molecular flexibility index (Phi) is 4.71. The Morgan fingerprint density at radius 3 is 2.74 bits per heavy atom. The molecule has 1 heterocycles. The van der Waals surface area contributed by atoms with Crippen LogP contribution in [0.4, 0.5) is 4.79 Å². The molecule has 2 amide bonds. The van der Waals surface area contributed by atoms with Gasteiger partial charge in [-0.25, -0.2) is 9.59 Å². The second-order valence-corrected chi connectivity index (χ2v) is 6.85. The van der Waals surface area contributed by atoms with Crippen LogP contribution in [0, 0.1) is 0 Å². The fraction of sp³-hybridized carbons (Fsp3) is 0.412. The van der Waals surface area contributed by atoms with Gasteiger partial charge in [0.15, 0.2) is 0 Å². The number of nitrogens with one attached hydrogen (secondary N) is 2. The minimum atomic E-state index is -0.504. The molecule has 0 bridgehead atoms. The minimum Gasteiger partial charge on any atom is -0.459 e. The molecular formula is C17H19BrN2O3. The Morgan fingerprint density at radius 1 is 1.30 bits per heavy atom. The van der Waals surface area contributed by atoms with E-state index in [0.29, 0.717) is 11.3 Å². The van der Waals surface area contributed by atoms with E-state index < -0.39 is 6.04 Å². The van der Waals surface area contributed by atoms with Crippen LogP contribution in [0.15, 0.2) is 40.0 Å². The molecule has 0 aromatic heterocycles. The van der Waals surface area contributed by atoms with E-state index in [-0.39, 0.29) is 18.1 Å². The Balaban J connectivity index is 1.90. The van der Waals surface area contributed by atoms with Crippen LogP contribution in [0.2, 0.25) is 0 Å². The number of carbonyl (C=O) groups is 2. The number of rotatable bonds is 3. The molecule has 23 heavy (non-hydrogen) atoms. The molecule has 2 N–H and O–H groups in total. The average molecular weight is 379 g/mol. The normalized spacial score (nSPS) is 21.8. The Bertz CT molecular complexity index is 666. The number of hydrogen-bond acceptors (Lipinski definition) is 3. The van der Waals surface area contributed by atoms with Crippen LogP contribution in [-0.2, 0) is 9.53 Å². The first kappa shape index (κ1) is 16.1. The van der Waals surface area contributed by atoms with Crippen molar-refractivity contribution in [3.8, 4) is 0 Å². The molecular weight excluding hydrogens is 360 g/mol. The molecule has 0 saturated heterocycles. The van der Waals surface area contributed by atoms with Crippen LogP contribution >= 0.6 is 15.9 Å². The van der Waals surface area contributed by atoms with Crippen LogP contribution < -0.4 is 10.6 Å². The molecule has 1 aromatic carbocycles. The zero-order chi connectivity index (χ0) is 16.4. The summed E-state index contributed by atoms with van der Waals surface area (Å²) in [5.41, 5.74) is 1.85. The average Bonchev–Trinajstić information content (AvgIpc) is 2.99. The highest BCUT2D eigenvalue weighted by atomic mass is 79.9. The molecule has 1 atom stereocenters. The summed E-state index contributed by atoms with van der Waals surface area (Å²) in [4.78, 5) is 24.5. The summed E-state index contributed by atoms with van der Waals surface area (Å²) in [5.74, 6) is -0.355. The van der Waals surface area contributed by atoms with E-state index >= 15 is 0 Å². The van der Waals surface area contributed by atoms with Gasteiger partial charge < -0.3 is 15.4 Å². The molecule has 0 radical (unpaired) electrons. The largest absolute Gasteiger partial charge is 0.459 e. The van der Waals surface area contributed by atoms with E-state index in [4.69, 9.17) is 4.74 Å². The molecule has 3 rings (SSSR count). The monoisotopic (exact) mass is 378 g/mol. The van der Waals surface area contributed by atoms with Gasteiger partial charge in [0, 0.05) is 10.2 Å². The molecule has 5 nitrogen and oxygen atoms in total. The van der Waals surface area contributed by atoms with Gasteiger partial charge in [-0.05, 0) is 50.3 Å². The van der Waals surface area contributed by atoms with Crippen molar-refractivity contribution in [2.45, 2.75) is 44.8 Å². The van der Waals surface area contributed by atoms with E-state index in [9.17, 15) is 9.59 Å². The topological polar surface area (TPSA) is 67.4 Å². The molecule has 0 unspecified atom stereocenters. The first-order valence-corrected chi connectivity index (χ1v) is 8.58. The van der Waals surface area contributed by atoms with Crippen LogP contribution in [0.1, 0.15) is 44.2 Å². The standard InChI is InChI=1S/C17H19BrN2O3/c1-10-14(16(21)23-13-7-2-3-8-13)15(20-17(22)19-10)11-5-4-6-12(18)9-11/h4-6,9,13,15H,2-3,7-8H2,1H3,(H2,19,20,22)/t15-/m1/s1. The second kappa shape index (κ2) is 6.74. The fourth-order valence-electron chi connectivity index (χ4n) is 3.12. The third kappa shape index (κ3) is 3.58. The van der Waals surface area contributed by atoms with Crippen molar-refractivity contribution in [3.05, 3.63) is 45.6 Å². The van der Waals surface area contributed by atoms with Gasteiger partial charge in [0.2, 0.25) is 0 Å². The number of allylic oxidation sites excluding steroid dienone is 1. The van der Waals surface area contributed by atoms with E-state index in [2.05, 4.69) is 26.6 Å². The summed E-state index contributed by atoms with van der Waals surface area (Å²) >= 11 is 3.43. The van der Waals surface area contributed by atoms with E-state index in [1.807, 2.05) is 24.3 Å². The van der Waals surface area contributed by atoms with Gasteiger partial charge in [0.1, 0.15) is 6.10 Å². The van der Waals surface area contributed by atoms with Crippen molar-refractivity contribution in [1.29, 1.82) is 0 Å².